The van der Waals surface area contributed by atoms with Crippen LogP contribution in [0, 0.1) is 5.82 Å². The summed E-state index contributed by atoms with van der Waals surface area (Å²) in [6, 6.07) is 16.2. The van der Waals surface area contributed by atoms with E-state index in [1.165, 1.54) is 29.5 Å². The molecule has 2 atom stereocenters. The number of aryl methyl sites for hydroxylation is 1. The summed E-state index contributed by atoms with van der Waals surface area (Å²) in [5.74, 6) is -0.498. The van der Waals surface area contributed by atoms with Gasteiger partial charge in [0.1, 0.15) is 5.82 Å². The second-order valence-electron chi connectivity index (χ2n) is 6.62. The largest absolute Gasteiger partial charge is 0.453 e. The van der Waals surface area contributed by atoms with Gasteiger partial charge in [0.15, 0.2) is 6.10 Å². The molecule has 0 aliphatic rings. The quantitative estimate of drug-likeness (QED) is 0.473. The van der Waals surface area contributed by atoms with Crippen molar-refractivity contribution in [2.45, 2.75) is 50.2 Å². The van der Waals surface area contributed by atoms with Crippen LogP contribution in [0.5, 0.6) is 0 Å². The Hall–Kier alpha value is -2.34. The number of benzene rings is 2. The van der Waals surface area contributed by atoms with Gasteiger partial charge in [0, 0.05) is 16.7 Å². The Labute approximate surface area is 169 Å². The maximum atomic E-state index is 12.9. The molecule has 0 bridgehead atoms. The van der Waals surface area contributed by atoms with Crippen LogP contribution in [-0.2, 0) is 20.7 Å². The third kappa shape index (κ3) is 8.13. The SMILES string of the molecule is C[C@@H](CCc1ccccc1)NC(=O)[C@@H](C)OC(=O)CCSc1ccc(F)cc1. The van der Waals surface area contributed by atoms with Crippen molar-refractivity contribution in [1.29, 1.82) is 0 Å². The summed E-state index contributed by atoms with van der Waals surface area (Å²) in [6.45, 7) is 3.51. The molecule has 150 valence electrons. The molecule has 2 aromatic rings. The number of amides is 1. The second kappa shape index (κ2) is 11.5. The molecule has 2 rings (SSSR count). The highest BCUT2D eigenvalue weighted by Crippen LogP contribution is 2.19. The molecule has 0 radical (unpaired) electrons. The van der Waals surface area contributed by atoms with E-state index in [-0.39, 0.29) is 24.2 Å². The van der Waals surface area contributed by atoms with E-state index in [9.17, 15) is 14.0 Å². The van der Waals surface area contributed by atoms with Crippen LogP contribution in [0.25, 0.3) is 0 Å². The van der Waals surface area contributed by atoms with Crippen LogP contribution < -0.4 is 5.32 Å². The first kappa shape index (κ1) is 22.0. The molecule has 1 amide bonds. The first-order chi connectivity index (χ1) is 13.4. The average molecular weight is 404 g/mol. The number of rotatable bonds is 10. The first-order valence-corrected chi connectivity index (χ1v) is 10.3. The third-order valence-corrected chi connectivity index (χ3v) is 5.18. The lowest BCUT2D eigenvalue weighted by Gasteiger charge is -2.18. The molecule has 0 aliphatic heterocycles. The molecule has 1 N–H and O–H groups in total. The molecule has 2 aromatic carbocycles. The topological polar surface area (TPSA) is 55.4 Å². The van der Waals surface area contributed by atoms with Gasteiger partial charge in [-0.15, -0.1) is 11.8 Å². The van der Waals surface area contributed by atoms with Crippen LogP contribution in [0.1, 0.15) is 32.3 Å². The summed E-state index contributed by atoms with van der Waals surface area (Å²) < 4.78 is 18.1. The number of thioether (sulfide) groups is 1. The molecule has 6 heteroatoms. The minimum atomic E-state index is -0.831. The van der Waals surface area contributed by atoms with Gasteiger partial charge in [-0.2, -0.15) is 0 Å². The zero-order chi connectivity index (χ0) is 20.4. The highest BCUT2D eigenvalue weighted by Gasteiger charge is 2.19. The number of hydrogen-bond acceptors (Lipinski definition) is 4. The molecule has 0 spiro atoms. The maximum absolute atomic E-state index is 12.9. The Morgan fingerprint density at radius 2 is 1.75 bits per heavy atom. The number of ether oxygens (including phenoxy) is 1. The molecule has 28 heavy (non-hydrogen) atoms. The summed E-state index contributed by atoms with van der Waals surface area (Å²) >= 11 is 1.44. The van der Waals surface area contributed by atoms with Crippen LogP contribution >= 0.6 is 11.8 Å². The van der Waals surface area contributed by atoms with Gasteiger partial charge in [-0.05, 0) is 56.5 Å². The number of halogens is 1. The van der Waals surface area contributed by atoms with Crippen molar-refractivity contribution in [3.63, 3.8) is 0 Å². The van der Waals surface area contributed by atoms with Crippen molar-refractivity contribution in [3.8, 4) is 0 Å². The Kier molecular flexibility index (Phi) is 9.01. The fourth-order valence-electron chi connectivity index (χ4n) is 2.55. The fourth-order valence-corrected chi connectivity index (χ4v) is 3.39. The lowest BCUT2D eigenvalue weighted by atomic mass is 10.1. The predicted molar refractivity (Wildman–Crippen MR) is 110 cm³/mol. The van der Waals surface area contributed by atoms with Gasteiger partial charge in [0.2, 0.25) is 0 Å². The van der Waals surface area contributed by atoms with Crippen LogP contribution in [0.15, 0.2) is 59.5 Å². The van der Waals surface area contributed by atoms with Crippen molar-refractivity contribution in [2.24, 2.45) is 0 Å². The van der Waals surface area contributed by atoms with Gasteiger partial charge >= 0.3 is 5.97 Å². The van der Waals surface area contributed by atoms with Crippen LogP contribution in [0.4, 0.5) is 4.39 Å². The lowest BCUT2D eigenvalue weighted by molar-refractivity contribution is -0.154. The van der Waals surface area contributed by atoms with Gasteiger partial charge < -0.3 is 10.1 Å². The number of hydrogen-bond donors (Lipinski definition) is 1. The zero-order valence-electron chi connectivity index (χ0n) is 16.2. The molecule has 4 nitrogen and oxygen atoms in total. The first-order valence-electron chi connectivity index (χ1n) is 9.36. The van der Waals surface area contributed by atoms with Gasteiger partial charge in [-0.1, -0.05) is 30.3 Å². The minimum Gasteiger partial charge on any atom is -0.453 e. The summed E-state index contributed by atoms with van der Waals surface area (Å²) in [7, 11) is 0. The number of carbonyl (C=O) groups excluding carboxylic acids is 2. The molecule has 0 aromatic heterocycles. The molecular formula is C22H26FNO3S. The number of carbonyl (C=O) groups is 2. The summed E-state index contributed by atoms with van der Waals surface area (Å²) in [4.78, 5) is 25.0. The van der Waals surface area contributed by atoms with E-state index in [2.05, 4.69) is 17.4 Å². The predicted octanol–water partition coefficient (Wildman–Crippen LogP) is 4.38. The average Bonchev–Trinajstić information content (AvgIpc) is 2.68. The standard InChI is InChI=1S/C22H26FNO3S/c1-16(8-9-18-6-4-3-5-7-18)24-22(26)17(2)27-21(25)14-15-28-20-12-10-19(23)11-13-20/h3-7,10-13,16-17H,8-9,14-15H2,1-2H3,(H,24,26)/t16-,17+/m0/s1. The Morgan fingerprint density at radius 3 is 2.43 bits per heavy atom. The monoisotopic (exact) mass is 403 g/mol. The summed E-state index contributed by atoms with van der Waals surface area (Å²) in [6.07, 6.45) is 1.04. The highest BCUT2D eigenvalue weighted by molar-refractivity contribution is 7.99. The minimum absolute atomic E-state index is 0.0112. The van der Waals surface area contributed by atoms with Crippen molar-refractivity contribution in [3.05, 3.63) is 66.0 Å². The van der Waals surface area contributed by atoms with Gasteiger partial charge in [0.05, 0.1) is 6.42 Å². The number of esters is 1. The molecular weight excluding hydrogens is 377 g/mol. The lowest BCUT2D eigenvalue weighted by Crippen LogP contribution is -2.41. The van der Waals surface area contributed by atoms with Crippen molar-refractivity contribution in [1.82, 2.24) is 5.32 Å². The Bertz CT molecular complexity index is 752. The Morgan fingerprint density at radius 1 is 1.07 bits per heavy atom. The fraction of sp³-hybridized carbons (Fsp3) is 0.364. The van der Waals surface area contributed by atoms with Crippen LogP contribution in [-0.4, -0.2) is 29.8 Å². The van der Waals surface area contributed by atoms with E-state index in [4.69, 9.17) is 4.74 Å². The van der Waals surface area contributed by atoms with E-state index in [0.29, 0.717) is 5.75 Å². The van der Waals surface area contributed by atoms with E-state index >= 15 is 0 Å². The van der Waals surface area contributed by atoms with E-state index in [0.717, 1.165) is 17.7 Å². The van der Waals surface area contributed by atoms with Crippen molar-refractivity contribution >= 4 is 23.6 Å². The van der Waals surface area contributed by atoms with Crippen molar-refractivity contribution in [2.75, 3.05) is 5.75 Å². The van der Waals surface area contributed by atoms with E-state index < -0.39 is 12.1 Å². The molecule has 0 aliphatic carbocycles. The van der Waals surface area contributed by atoms with E-state index in [1.807, 2.05) is 25.1 Å². The summed E-state index contributed by atoms with van der Waals surface area (Å²) in [5.41, 5.74) is 1.22. The maximum Gasteiger partial charge on any atom is 0.307 e. The van der Waals surface area contributed by atoms with Gasteiger partial charge in [0.25, 0.3) is 5.91 Å². The normalized spacial score (nSPS) is 12.8. The summed E-state index contributed by atoms with van der Waals surface area (Å²) in [5, 5.41) is 2.89. The third-order valence-electron chi connectivity index (χ3n) is 4.16. The highest BCUT2D eigenvalue weighted by atomic mass is 32.2. The molecule has 0 saturated carbocycles. The van der Waals surface area contributed by atoms with Crippen LogP contribution in [0.2, 0.25) is 0 Å². The molecule has 0 saturated heterocycles. The Balaban J connectivity index is 1.64. The second-order valence-corrected chi connectivity index (χ2v) is 7.79. The molecule has 0 fully saturated rings. The van der Waals surface area contributed by atoms with Crippen molar-refractivity contribution < 1.29 is 18.7 Å². The molecule has 0 heterocycles. The zero-order valence-corrected chi connectivity index (χ0v) is 17.0. The molecule has 0 unspecified atom stereocenters. The van der Waals surface area contributed by atoms with E-state index in [1.54, 1.807) is 19.1 Å². The smallest absolute Gasteiger partial charge is 0.307 e. The van der Waals surface area contributed by atoms with Crippen LogP contribution in [0.3, 0.4) is 0 Å². The number of nitrogens with one attached hydrogen (secondary N) is 1. The van der Waals surface area contributed by atoms with Gasteiger partial charge in [-0.25, -0.2) is 4.39 Å². The van der Waals surface area contributed by atoms with Gasteiger partial charge in [-0.3, -0.25) is 9.59 Å².